The number of rotatable bonds is 4. The maximum atomic E-state index is 12.7. The lowest BCUT2D eigenvalue weighted by atomic mass is 9.87. The summed E-state index contributed by atoms with van der Waals surface area (Å²) in [6.45, 7) is 6.56. The van der Waals surface area contributed by atoms with E-state index in [1.807, 2.05) is 24.3 Å². The second-order valence-corrected chi connectivity index (χ2v) is 7.16. The summed E-state index contributed by atoms with van der Waals surface area (Å²) in [6, 6.07) is 12.3. The molecule has 0 aliphatic rings. The van der Waals surface area contributed by atoms with E-state index < -0.39 is 11.7 Å². The van der Waals surface area contributed by atoms with Crippen molar-refractivity contribution in [1.29, 1.82) is 0 Å². The molecule has 0 aliphatic heterocycles. The summed E-state index contributed by atoms with van der Waals surface area (Å²) in [4.78, 5) is 11.9. The van der Waals surface area contributed by atoms with E-state index in [-0.39, 0.29) is 18.0 Å². The number of nitrogens with one attached hydrogen (secondary N) is 2. The number of alkyl halides is 3. The van der Waals surface area contributed by atoms with E-state index in [1.54, 1.807) is 6.07 Å². The molecule has 0 saturated carbocycles. The molecule has 2 aromatic carbocycles. The minimum atomic E-state index is -4.36. The van der Waals surface area contributed by atoms with Crippen molar-refractivity contribution in [1.82, 2.24) is 5.32 Å². The molecule has 0 unspecified atom stereocenters. The van der Waals surface area contributed by atoms with E-state index >= 15 is 0 Å². The standard InChI is InChI=1S/C20H23F3N2O/c1-19(2,3)15-7-9-17(10-8-15)25-18(26)24-12-11-14-5-4-6-16(13-14)20(21,22)23/h4-10,13H,11-12H2,1-3H3,(H2,24,25,26). The molecule has 6 heteroatoms. The highest BCUT2D eigenvalue weighted by molar-refractivity contribution is 5.89. The molecular weight excluding hydrogens is 341 g/mol. The van der Waals surface area contributed by atoms with Crippen molar-refractivity contribution in [3.63, 3.8) is 0 Å². The average molecular weight is 364 g/mol. The number of anilines is 1. The summed E-state index contributed by atoms with van der Waals surface area (Å²) in [5, 5.41) is 5.36. The highest BCUT2D eigenvalue weighted by Gasteiger charge is 2.30. The van der Waals surface area contributed by atoms with E-state index in [4.69, 9.17) is 0 Å². The van der Waals surface area contributed by atoms with Crippen LogP contribution in [0.15, 0.2) is 48.5 Å². The van der Waals surface area contributed by atoms with Gasteiger partial charge in [-0.2, -0.15) is 13.2 Å². The van der Waals surface area contributed by atoms with Gasteiger partial charge in [-0.3, -0.25) is 0 Å². The van der Waals surface area contributed by atoms with Gasteiger partial charge in [0, 0.05) is 12.2 Å². The summed E-state index contributed by atoms with van der Waals surface area (Å²) < 4.78 is 38.0. The monoisotopic (exact) mass is 364 g/mol. The van der Waals surface area contributed by atoms with Gasteiger partial charge in [0.15, 0.2) is 0 Å². The van der Waals surface area contributed by atoms with E-state index in [1.165, 1.54) is 6.07 Å². The number of hydrogen-bond acceptors (Lipinski definition) is 1. The van der Waals surface area contributed by atoms with Gasteiger partial charge in [-0.25, -0.2) is 4.79 Å². The molecule has 0 bridgehead atoms. The minimum absolute atomic E-state index is 0.0335. The Hall–Kier alpha value is -2.50. The van der Waals surface area contributed by atoms with Crippen LogP contribution in [-0.4, -0.2) is 12.6 Å². The molecule has 0 heterocycles. The third-order valence-corrected chi connectivity index (χ3v) is 3.96. The van der Waals surface area contributed by atoms with Gasteiger partial charge in [-0.05, 0) is 41.2 Å². The summed E-state index contributed by atoms with van der Waals surface area (Å²) in [7, 11) is 0. The van der Waals surface area contributed by atoms with E-state index in [9.17, 15) is 18.0 Å². The number of urea groups is 1. The smallest absolute Gasteiger partial charge is 0.338 e. The van der Waals surface area contributed by atoms with Crippen molar-refractivity contribution in [2.45, 2.75) is 38.8 Å². The summed E-state index contributed by atoms with van der Waals surface area (Å²) in [5.74, 6) is 0. The van der Waals surface area contributed by atoms with Gasteiger partial charge in [0.25, 0.3) is 0 Å². The predicted octanol–water partition coefficient (Wildman–Crippen LogP) is 5.37. The fourth-order valence-electron chi connectivity index (χ4n) is 2.45. The number of hydrogen-bond donors (Lipinski definition) is 2. The zero-order valence-corrected chi connectivity index (χ0v) is 15.1. The predicted molar refractivity (Wildman–Crippen MR) is 97.3 cm³/mol. The fourth-order valence-corrected chi connectivity index (χ4v) is 2.45. The molecule has 2 aromatic rings. The lowest BCUT2D eigenvalue weighted by Crippen LogP contribution is -2.30. The molecule has 2 amide bonds. The van der Waals surface area contributed by atoms with Crippen LogP contribution in [0.5, 0.6) is 0 Å². The van der Waals surface area contributed by atoms with Crippen molar-refractivity contribution < 1.29 is 18.0 Å². The van der Waals surface area contributed by atoms with Gasteiger partial charge in [-0.1, -0.05) is 51.1 Å². The number of carbonyl (C=O) groups is 1. The Kier molecular flexibility index (Phi) is 5.95. The maximum Gasteiger partial charge on any atom is 0.416 e. The minimum Gasteiger partial charge on any atom is -0.338 e. The van der Waals surface area contributed by atoms with Gasteiger partial charge in [0.05, 0.1) is 5.56 Å². The molecule has 2 N–H and O–H groups in total. The van der Waals surface area contributed by atoms with Crippen LogP contribution in [0.3, 0.4) is 0 Å². The van der Waals surface area contributed by atoms with Crippen molar-refractivity contribution in [2.24, 2.45) is 0 Å². The van der Waals surface area contributed by atoms with E-state index in [0.717, 1.165) is 17.7 Å². The number of amides is 2. The molecular formula is C20H23F3N2O. The molecule has 0 spiro atoms. The summed E-state index contributed by atoms with van der Waals surface area (Å²) in [5.41, 5.74) is 1.70. The highest BCUT2D eigenvalue weighted by atomic mass is 19.4. The first kappa shape index (κ1) is 19.8. The second kappa shape index (κ2) is 7.81. The highest BCUT2D eigenvalue weighted by Crippen LogP contribution is 2.29. The first-order valence-corrected chi connectivity index (χ1v) is 8.37. The summed E-state index contributed by atoms with van der Waals surface area (Å²) in [6.07, 6.45) is -4.04. The van der Waals surface area contributed by atoms with Gasteiger partial charge in [0.1, 0.15) is 0 Å². The Morgan fingerprint density at radius 1 is 0.962 bits per heavy atom. The molecule has 0 saturated heterocycles. The third kappa shape index (κ3) is 5.79. The van der Waals surface area contributed by atoms with E-state index in [2.05, 4.69) is 31.4 Å². The van der Waals surface area contributed by atoms with Crippen LogP contribution in [0.4, 0.5) is 23.7 Å². The molecule has 2 rings (SSSR count). The van der Waals surface area contributed by atoms with Gasteiger partial charge in [0.2, 0.25) is 0 Å². The normalized spacial score (nSPS) is 11.9. The number of carbonyl (C=O) groups excluding carboxylic acids is 1. The van der Waals surface area contributed by atoms with Crippen molar-refractivity contribution in [3.05, 3.63) is 65.2 Å². The van der Waals surface area contributed by atoms with Gasteiger partial charge >= 0.3 is 12.2 Å². The Bertz CT molecular complexity index is 747. The summed E-state index contributed by atoms with van der Waals surface area (Å²) >= 11 is 0. The largest absolute Gasteiger partial charge is 0.416 e. The van der Waals surface area contributed by atoms with Crippen LogP contribution in [-0.2, 0) is 18.0 Å². The Balaban J connectivity index is 1.84. The molecule has 0 aromatic heterocycles. The lowest BCUT2D eigenvalue weighted by molar-refractivity contribution is -0.137. The Labute approximate surface area is 151 Å². The van der Waals surface area contributed by atoms with Crippen LogP contribution in [0, 0.1) is 0 Å². The van der Waals surface area contributed by atoms with Crippen molar-refractivity contribution >= 4 is 11.7 Å². The molecule has 26 heavy (non-hydrogen) atoms. The van der Waals surface area contributed by atoms with Crippen molar-refractivity contribution in [3.8, 4) is 0 Å². The maximum absolute atomic E-state index is 12.7. The van der Waals surface area contributed by atoms with E-state index in [0.29, 0.717) is 17.7 Å². The van der Waals surface area contributed by atoms with Crippen LogP contribution < -0.4 is 10.6 Å². The Morgan fingerprint density at radius 2 is 1.62 bits per heavy atom. The molecule has 0 aliphatic carbocycles. The molecule has 0 fully saturated rings. The zero-order valence-electron chi connectivity index (χ0n) is 15.1. The van der Waals surface area contributed by atoms with Crippen LogP contribution in [0.1, 0.15) is 37.5 Å². The Morgan fingerprint density at radius 3 is 2.19 bits per heavy atom. The SMILES string of the molecule is CC(C)(C)c1ccc(NC(=O)NCCc2cccc(C(F)(F)F)c2)cc1. The van der Waals surface area contributed by atoms with Gasteiger partial charge in [-0.15, -0.1) is 0 Å². The lowest BCUT2D eigenvalue weighted by Gasteiger charge is -2.19. The number of halogens is 3. The topological polar surface area (TPSA) is 41.1 Å². The van der Waals surface area contributed by atoms with Crippen LogP contribution in [0.2, 0.25) is 0 Å². The quantitative estimate of drug-likeness (QED) is 0.753. The first-order valence-electron chi connectivity index (χ1n) is 8.37. The second-order valence-electron chi connectivity index (χ2n) is 7.16. The molecule has 0 radical (unpaired) electrons. The molecule has 140 valence electrons. The van der Waals surface area contributed by atoms with Crippen LogP contribution in [0.25, 0.3) is 0 Å². The van der Waals surface area contributed by atoms with Crippen LogP contribution >= 0.6 is 0 Å². The zero-order chi connectivity index (χ0) is 19.4. The molecule has 3 nitrogen and oxygen atoms in total. The van der Waals surface area contributed by atoms with Crippen molar-refractivity contribution in [2.75, 3.05) is 11.9 Å². The fraction of sp³-hybridized carbons (Fsp3) is 0.350. The van der Waals surface area contributed by atoms with Gasteiger partial charge < -0.3 is 10.6 Å². The third-order valence-electron chi connectivity index (χ3n) is 3.96. The molecule has 0 atom stereocenters. The first-order chi connectivity index (χ1) is 12.1. The average Bonchev–Trinajstić information content (AvgIpc) is 2.54. The number of benzene rings is 2.